The summed E-state index contributed by atoms with van der Waals surface area (Å²) in [5.74, 6) is -0.385. The van der Waals surface area contributed by atoms with E-state index < -0.39 is 0 Å². The monoisotopic (exact) mass is 293 g/mol. The number of thiocarbonyl (C=S) groups is 1. The van der Waals surface area contributed by atoms with Crippen LogP contribution in [0.25, 0.3) is 0 Å². The second-order valence-corrected chi connectivity index (χ2v) is 4.81. The fraction of sp³-hybridized carbons (Fsp3) is 0.357. The molecule has 0 aromatic heterocycles. The van der Waals surface area contributed by atoms with Gasteiger partial charge in [0.25, 0.3) is 0 Å². The molecule has 1 rings (SSSR count). The standard InChI is InChI=1S/C14H19N3O2S/c1-3-6-12(18)16-17-14(20)15-13(19)9-11-8-5-4-7-10(11)2/h4-5,7-8H,3,6,9H2,1-2H3,(H,16,18)(H2,15,17,19,20). The van der Waals surface area contributed by atoms with E-state index >= 15 is 0 Å². The molecular formula is C14H19N3O2S. The zero-order valence-corrected chi connectivity index (χ0v) is 12.5. The molecule has 2 amide bonds. The van der Waals surface area contributed by atoms with Gasteiger partial charge in [-0.1, -0.05) is 31.2 Å². The maximum absolute atomic E-state index is 11.8. The fourth-order valence-electron chi connectivity index (χ4n) is 1.60. The first-order valence-corrected chi connectivity index (χ1v) is 6.87. The van der Waals surface area contributed by atoms with Crippen molar-refractivity contribution in [1.29, 1.82) is 0 Å². The van der Waals surface area contributed by atoms with E-state index in [0.717, 1.165) is 17.5 Å². The molecule has 0 aliphatic rings. The van der Waals surface area contributed by atoms with Crippen molar-refractivity contribution >= 4 is 29.1 Å². The van der Waals surface area contributed by atoms with Crippen molar-refractivity contribution in [1.82, 2.24) is 16.2 Å². The Labute approximate surface area is 124 Å². The summed E-state index contributed by atoms with van der Waals surface area (Å²) < 4.78 is 0. The number of rotatable bonds is 4. The lowest BCUT2D eigenvalue weighted by atomic mass is 10.1. The maximum atomic E-state index is 11.8. The number of hydrazine groups is 1. The molecule has 1 aromatic carbocycles. The Morgan fingerprint density at radius 2 is 1.85 bits per heavy atom. The fourth-order valence-corrected chi connectivity index (χ4v) is 1.76. The highest BCUT2D eigenvalue weighted by atomic mass is 32.1. The van der Waals surface area contributed by atoms with E-state index in [2.05, 4.69) is 16.2 Å². The number of nitrogens with one attached hydrogen (secondary N) is 3. The summed E-state index contributed by atoms with van der Waals surface area (Å²) in [6, 6.07) is 7.65. The van der Waals surface area contributed by atoms with Crippen LogP contribution in [0.1, 0.15) is 30.9 Å². The van der Waals surface area contributed by atoms with E-state index in [1.807, 2.05) is 38.1 Å². The van der Waals surface area contributed by atoms with Crippen molar-refractivity contribution in [2.45, 2.75) is 33.1 Å². The molecule has 0 atom stereocenters. The molecule has 0 aliphatic heterocycles. The summed E-state index contributed by atoms with van der Waals surface area (Å²) in [6.07, 6.45) is 1.41. The zero-order chi connectivity index (χ0) is 15.0. The average molecular weight is 293 g/mol. The van der Waals surface area contributed by atoms with Crippen LogP contribution < -0.4 is 16.2 Å². The third-order valence-corrected chi connectivity index (χ3v) is 2.86. The lowest BCUT2D eigenvalue weighted by Crippen LogP contribution is -2.48. The maximum Gasteiger partial charge on any atom is 0.238 e. The van der Waals surface area contributed by atoms with Crippen molar-refractivity contribution in [2.75, 3.05) is 0 Å². The molecule has 20 heavy (non-hydrogen) atoms. The quantitative estimate of drug-likeness (QED) is 0.579. The Kier molecular flexibility index (Phi) is 6.66. The highest BCUT2D eigenvalue weighted by molar-refractivity contribution is 7.80. The molecule has 0 spiro atoms. The number of benzene rings is 1. The number of hydrogen-bond donors (Lipinski definition) is 3. The van der Waals surface area contributed by atoms with Gasteiger partial charge in [-0.2, -0.15) is 0 Å². The second-order valence-electron chi connectivity index (χ2n) is 4.40. The van der Waals surface area contributed by atoms with Gasteiger partial charge in [-0.05, 0) is 36.7 Å². The highest BCUT2D eigenvalue weighted by Gasteiger charge is 2.08. The van der Waals surface area contributed by atoms with Crippen LogP contribution in [0, 0.1) is 6.92 Å². The van der Waals surface area contributed by atoms with Gasteiger partial charge in [-0.3, -0.25) is 20.4 Å². The van der Waals surface area contributed by atoms with E-state index in [9.17, 15) is 9.59 Å². The summed E-state index contributed by atoms with van der Waals surface area (Å²) in [7, 11) is 0. The molecule has 5 nitrogen and oxygen atoms in total. The van der Waals surface area contributed by atoms with Gasteiger partial charge in [0, 0.05) is 6.42 Å². The highest BCUT2D eigenvalue weighted by Crippen LogP contribution is 2.07. The Morgan fingerprint density at radius 3 is 2.50 bits per heavy atom. The summed E-state index contributed by atoms with van der Waals surface area (Å²) in [5.41, 5.74) is 6.92. The van der Waals surface area contributed by atoms with Crippen molar-refractivity contribution in [3.63, 3.8) is 0 Å². The topological polar surface area (TPSA) is 70.2 Å². The zero-order valence-electron chi connectivity index (χ0n) is 11.7. The van der Waals surface area contributed by atoms with Gasteiger partial charge < -0.3 is 5.32 Å². The molecule has 1 aromatic rings. The van der Waals surface area contributed by atoms with Gasteiger partial charge in [0.05, 0.1) is 6.42 Å². The molecule has 108 valence electrons. The first-order valence-electron chi connectivity index (χ1n) is 6.46. The molecule has 0 saturated heterocycles. The number of hydrogen-bond acceptors (Lipinski definition) is 3. The predicted molar refractivity (Wildman–Crippen MR) is 81.8 cm³/mol. The number of amides is 2. The van der Waals surface area contributed by atoms with Crippen LogP contribution in [-0.2, 0) is 16.0 Å². The summed E-state index contributed by atoms with van der Waals surface area (Å²) in [6.45, 7) is 3.85. The Morgan fingerprint density at radius 1 is 1.15 bits per heavy atom. The minimum absolute atomic E-state index is 0.0908. The largest absolute Gasteiger partial charge is 0.302 e. The molecule has 0 fully saturated rings. The second kappa shape index (κ2) is 8.27. The van der Waals surface area contributed by atoms with Gasteiger partial charge in [-0.15, -0.1) is 0 Å². The van der Waals surface area contributed by atoms with Gasteiger partial charge in [-0.25, -0.2) is 0 Å². The van der Waals surface area contributed by atoms with Crippen LogP contribution in [0.3, 0.4) is 0 Å². The minimum atomic E-state index is -0.221. The molecule has 0 bridgehead atoms. The molecule has 3 N–H and O–H groups in total. The van der Waals surface area contributed by atoms with Crippen LogP contribution in [0.5, 0.6) is 0 Å². The lowest BCUT2D eigenvalue weighted by Gasteiger charge is -2.11. The van der Waals surface area contributed by atoms with E-state index in [0.29, 0.717) is 6.42 Å². The van der Waals surface area contributed by atoms with E-state index in [-0.39, 0.29) is 23.3 Å². The molecule has 0 radical (unpaired) electrons. The van der Waals surface area contributed by atoms with Crippen molar-refractivity contribution in [3.8, 4) is 0 Å². The first kappa shape index (κ1) is 16.1. The van der Waals surface area contributed by atoms with Crippen molar-refractivity contribution in [2.24, 2.45) is 0 Å². The number of aryl methyl sites for hydroxylation is 1. The first-order chi connectivity index (χ1) is 9.52. The molecule has 0 heterocycles. The average Bonchev–Trinajstić information content (AvgIpc) is 2.39. The molecule has 0 unspecified atom stereocenters. The smallest absolute Gasteiger partial charge is 0.238 e. The number of carbonyl (C=O) groups is 2. The summed E-state index contributed by atoms with van der Waals surface area (Å²) in [4.78, 5) is 23.0. The minimum Gasteiger partial charge on any atom is -0.302 e. The lowest BCUT2D eigenvalue weighted by molar-refractivity contribution is -0.122. The van der Waals surface area contributed by atoms with Crippen LogP contribution >= 0.6 is 12.2 Å². The predicted octanol–water partition coefficient (Wildman–Crippen LogP) is 1.36. The van der Waals surface area contributed by atoms with Gasteiger partial charge in [0.15, 0.2) is 5.11 Å². The van der Waals surface area contributed by atoms with Crippen LogP contribution in [0.4, 0.5) is 0 Å². The molecule has 6 heteroatoms. The molecule has 0 saturated carbocycles. The Balaban J connectivity index is 2.37. The third-order valence-electron chi connectivity index (χ3n) is 2.66. The Bertz CT molecular complexity index is 503. The van der Waals surface area contributed by atoms with Gasteiger partial charge >= 0.3 is 0 Å². The van der Waals surface area contributed by atoms with Gasteiger partial charge in [0.2, 0.25) is 11.8 Å². The van der Waals surface area contributed by atoms with E-state index in [4.69, 9.17) is 12.2 Å². The number of carbonyl (C=O) groups excluding carboxylic acids is 2. The molecule has 0 aliphatic carbocycles. The van der Waals surface area contributed by atoms with Crippen LogP contribution in [0.2, 0.25) is 0 Å². The summed E-state index contributed by atoms with van der Waals surface area (Å²) >= 11 is 4.92. The third kappa shape index (κ3) is 5.79. The summed E-state index contributed by atoms with van der Waals surface area (Å²) in [5, 5.41) is 2.61. The van der Waals surface area contributed by atoms with Crippen LogP contribution in [-0.4, -0.2) is 16.9 Å². The normalized spacial score (nSPS) is 9.70. The van der Waals surface area contributed by atoms with E-state index in [1.54, 1.807) is 0 Å². The van der Waals surface area contributed by atoms with E-state index in [1.165, 1.54) is 0 Å². The van der Waals surface area contributed by atoms with Crippen molar-refractivity contribution < 1.29 is 9.59 Å². The molecular weight excluding hydrogens is 274 g/mol. The van der Waals surface area contributed by atoms with Crippen LogP contribution in [0.15, 0.2) is 24.3 Å². The van der Waals surface area contributed by atoms with Gasteiger partial charge in [0.1, 0.15) is 0 Å². The SMILES string of the molecule is CCCC(=O)NNC(=S)NC(=O)Cc1ccccc1C. The van der Waals surface area contributed by atoms with Crippen molar-refractivity contribution in [3.05, 3.63) is 35.4 Å². The Hall–Kier alpha value is -1.95.